The molecule has 40 heavy (non-hydrogen) atoms. The van der Waals surface area contributed by atoms with E-state index in [9.17, 15) is 4.79 Å². The van der Waals surface area contributed by atoms with Crippen LogP contribution >= 0.6 is 0 Å². The van der Waals surface area contributed by atoms with Gasteiger partial charge in [0.05, 0.1) is 47.1 Å². The van der Waals surface area contributed by atoms with Crippen LogP contribution in [0, 0.1) is 0 Å². The Morgan fingerprint density at radius 2 is 1.70 bits per heavy atom. The van der Waals surface area contributed by atoms with Crippen LogP contribution in [0.5, 0.6) is 0 Å². The second-order valence-electron chi connectivity index (χ2n) is 9.38. The number of aromatic nitrogens is 7. The maximum absolute atomic E-state index is 12.6. The first-order chi connectivity index (χ1) is 19.7. The number of anilines is 1. The molecule has 0 unspecified atom stereocenters. The Bertz CT molecular complexity index is 1980. The summed E-state index contributed by atoms with van der Waals surface area (Å²) in [6.07, 6.45) is 8.95. The van der Waals surface area contributed by atoms with E-state index < -0.39 is 0 Å². The Labute approximate surface area is 228 Å². The van der Waals surface area contributed by atoms with Crippen LogP contribution < -0.4 is 5.32 Å². The van der Waals surface area contributed by atoms with E-state index >= 15 is 0 Å². The number of hydrogen-bond donors (Lipinski definition) is 3. The first-order valence-corrected chi connectivity index (χ1v) is 12.7. The molecule has 9 nitrogen and oxygen atoms in total. The molecule has 7 rings (SSSR count). The summed E-state index contributed by atoms with van der Waals surface area (Å²) in [6.45, 7) is 0. The molecule has 3 N–H and O–H groups in total. The fourth-order valence-corrected chi connectivity index (χ4v) is 4.81. The Balaban J connectivity index is 1.21. The van der Waals surface area contributed by atoms with Crippen LogP contribution in [0.1, 0.15) is 5.56 Å². The zero-order chi connectivity index (χ0) is 26.9. The molecule has 6 aromatic heterocycles. The summed E-state index contributed by atoms with van der Waals surface area (Å²) in [5.41, 5.74) is 8.06. The lowest BCUT2D eigenvalue weighted by Gasteiger charge is -2.07. The second kappa shape index (κ2) is 9.88. The topological polar surface area (TPSA) is 125 Å². The number of fused-ring (bicyclic) bond motifs is 2. The third-order valence-corrected chi connectivity index (χ3v) is 6.70. The van der Waals surface area contributed by atoms with Crippen molar-refractivity contribution in [3.05, 3.63) is 109 Å². The normalized spacial score (nSPS) is 11.2. The van der Waals surface area contributed by atoms with E-state index in [-0.39, 0.29) is 12.3 Å². The quantitative estimate of drug-likeness (QED) is 0.253. The van der Waals surface area contributed by atoms with Crippen molar-refractivity contribution in [2.24, 2.45) is 0 Å². The van der Waals surface area contributed by atoms with Crippen molar-refractivity contribution in [3.63, 3.8) is 0 Å². The highest BCUT2D eigenvalue weighted by atomic mass is 16.1. The summed E-state index contributed by atoms with van der Waals surface area (Å²) in [4.78, 5) is 34.0. The van der Waals surface area contributed by atoms with Crippen LogP contribution in [0.3, 0.4) is 0 Å². The highest BCUT2D eigenvalue weighted by Crippen LogP contribution is 2.33. The third kappa shape index (κ3) is 4.45. The average molecular weight is 523 g/mol. The summed E-state index contributed by atoms with van der Waals surface area (Å²) < 4.78 is 0. The number of pyridine rings is 4. The van der Waals surface area contributed by atoms with E-state index in [1.165, 1.54) is 0 Å². The van der Waals surface area contributed by atoms with Gasteiger partial charge in [0.25, 0.3) is 0 Å². The molecule has 1 aromatic carbocycles. The largest absolute Gasteiger partial charge is 0.338 e. The van der Waals surface area contributed by atoms with Crippen molar-refractivity contribution in [3.8, 4) is 33.9 Å². The minimum atomic E-state index is -0.108. The fourth-order valence-electron chi connectivity index (χ4n) is 4.81. The van der Waals surface area contributed by atoms with Gasteiger partial charge in [-0.25, -0.2) is 4.98 Å². The van der Waals surface area contributed by atoms with Crippen molar-refractivity contribution in [2.45, 2.75) is 6.42 Å². The van der Waals surface area contributed by atoms with Crippen molar-refractivity contribution >= 4 is 33.5 Å². The van der Waals surface area contributed by atoms with Gasteiger partial charge in [-0.3, -0.25) is 24.8 Å². The standard InChI is InChI=1S/C31H22N8O/c40-29(12-19-6-2-1-3-7-19)36-21-13-20(16-32-17-21)26-15-24-28(18-35-26)38-39-30(24)27-14-23-22(9-11-34-31(23)37-27)25-8-4-5-10-33-25/h1-11,13-18H,12H2,(H,34,37)(H,36,40)(H,38,39). The highest BCUT2D eigenvalue weighted by molar-refractivity contribution is 6.00. The molecule has 192 valence electrons. The van der Waals surface area contributed by atoms with Crippen LogP contribution in [0.4, 0.5) is 5.69 Å². The van der Waals surface area contributed by atoms with Crippen LogP contribution in [0.15, 0.2) is 104 Å². The van der Waals surface area contributed by atoms with E-state index in [1.54, 1.807) is 31.0 Å². The van der Waals surface area contributed by atoms with Crippen LogP contribution in [0.25, 0.3) is 55.8 Å². The number of H-pyrrole nitrogens is 2. The number of nitrogens with one attached hydrogen (secondary N) is 3. The van der Waals surface area contributed by atoms with Gasteiger partial charge in [0, 0.05) is 40.5 Å². The van der Waals surface area contributed by atoms with Gasteiger partial charge in [-0.05, 0) is 42.0 Å². The van der Waals surface area contributed by atoms with E-state index in [0.29, 0.717) is 11.4 Å². The number of rotatable bonds is 6. The van der Waals surface area contributed by atoms with Gasteiger partial charge in [0.15, 0.2) is 0 Å². The van der Waals surface area contributed by atoms with Crippen molar-refractivity contribution < 1.29 is 4.79 Å². The first kappa shape index (κ1) is 23.4. The van der Waals surface area contributed by atoms with Gasteiger partial charge in [-0.2, -0.15) is 5.10 Å². The molecule has 0 fully saturated rings. The average Bonchev–Trinajstić information content (AvgIpc) is 3.62. The Hall–Kier alpha value is -5.70. The van der Waals surface area contributed by atoms with E-state index in [1.807, 2.05) is 72.8 Å². The van der Waals surface area contributed by atoms with Gasteiger partial charge >= 0.3 is 0 Å². The lowest BCUT2D eigenvalue weighted by atomic mass is 10.1. The number of hydrogen-bond acceptors (Lipinski definition) is 6. The summed E-state index contributed by atoms with van der Waals surface area (Å²) in [6, 6.07) is 23.3. The zero-order valence-electron chi connectivity index (χ0n) is 21.2. The summed E-state index contributed by atoms with van der Waals surface area (Å²) in [7, 11) is 0. The molecule has 0 aliphatic heterocycles. The Morgan fingerprint density at radius 1 is 0.800 bits per heavy atom. The molecule has 0 saturated carbocycles. The van der Waals surface area contributed by atoms with Crippen molar-refractivity contribution in [2.75, 3.05) is 5.32 Å². The number of nitrogens with zero attached hydrogens (tertiary/aromatic N) is 5. The number of amides is 1. The van der Waals surface area contributed by atoms with Gasteiger partial charge in [-0.1, -0.05) is 36.4 Å². The molecule has 1 amide bonds. The minimum Gasteiger partial charge on any atom is -0.338 e. The zero-order valence-corrected chi connectivity index (χ0v) is 21.2. The maximum atomic E-state index is 12.6. The molecular formula is C31H22N8O. The lowest BCUT2D eigenvalue weighted by molar-refractivity contribution is -0.115. The van der Waals surface area contributed by atoms with Crippen LogP contribution in [0.2, 0.25) is 0 Å². The molecule has 0 radical (unpaired) electrons. The SMILES string of the molecule is O=C(Cc1ccccc1)Nc1cncc(-c2cc3c(-c4cc5c(-c6ccccn6)ccnc5[nH]4)n[nH]c3cn2)c1. The molecule has 9 heteroatoms. The first-order valence-electron chi connectivity index (χ1n) is 12.7. The van der Waals surface area contributed by atoms with E-state index in [2.05, 4.69) is 40.4 Å². The maximum Gasteiger partial charge on any atom is 0.228 e. The minimum absolute atomic E-state index is 0.108. The van der Waals surface area contributed by atoms with E-state index in [4.69, 9.17) is 0 Å². The molecular weight excluding hydrogens is 500 g/mol. The Morgan fingerprint density at radius 3 is 2.58 bits per heavy atom. The number of carbonyl (C=O) groups is 1. The monoisotopic (exact) mass is 522 g/mol. The van der Waals surface area contributed by atoms with Crippen LogP contribution in [-0.4, -0.2) is 41.0 Å². The third-order valence-electron chi connectivity index (χ3n) is 6.70. The predicted octanol–water partition coefficient (Wildman–Crippen LogP) is 5.81. The predicted molar refractivity (Wildman–Crippen MR) is 154 cm³/mol. The van der Waals surface area contributed by atoms with Gasteiger partial charge in [0.1, 0.15) is 11.3 Å². The van der Waals surface area contributed by atoms with Gasteiger partial charge in [-0.15, -0.1) is 0 Å². The summed E-state index contributed by atoms with van der Waals surface area (Å²) in [5.74, 6) is -0.108. The summed E-state index contributed by atoms with van der Waals surface area (Å²) in [5, 5.41) is 12.5. The smallest absolute Gasteiger partial charge is 0.228 e. The van der Waals surface area contributed by atoms with Crippen molar-refractivity contribution in [1.82, 2.24) is 35.1 Å². The van der Waals surface area contributed by atoms with Gasteiger partial charge in [0.2, 0.25) is 5.91 Å². The molecule has 0 spiro atoms. The van der Waals surface area contributed by atoms with Gasteiger partial charge < -0.3 is 10.3 Å². The Kier molecular flexibility index (Phi) is 5.78. The number of benzene rings is 1. The number of carbonyl (C=O) groups excluding carboxylic acids is 1. The number of aromatic amines is 2. The molecule has 0 bridgehead atoms. The molecule has 0 atom stereocenters. The highest BCUT2D eigenvalue weighted by Gasteiger charge is 2.16. The summed E-state index contributed by atoms with van der Waals surface area (Å²) >= 11 is 0. The van der Waals surface area contributed by atoms with E-state index in [0.717, 1.165) is 55.7 Å². The molecule has 0 aliphatic carbocycles. The second-order valence-corrected chi connectivity index (χ2v) is 9.38. The molecule has 6 heterocycles. The van der Waals surface area contributed by atoms with Crippen LogP contribution in [-0.2, 0) is 11.2 Å². The fraction of sp³-hybridized carbons (Fsp3) is 0.0323. The van der Waals surface area contributed by atoms with Crippen molar-refractivity contribution in [1.29, 1.82) is 0 Å². The molecule has 0 saturated heterocycles. The lowest BCUT2D eigenvalue weighted by Crippen LogP contribution is -2.14. The molecule has 0 aliphatic rings. The molecule has 7 aromatic rings.